The molecule has 0 aliphatic rings. The number of sulfonamides is 1. The number of nitrogens with zero attached hydrogens (tertiary/aromatic N) is 1. The molecule has 4 nitrogen and oxygen atoms in total. The number of Topliss-reactive ketones (excluding diaryl/α,β-unsaturated/α-hetero) is 1. The molecule has 0 N–H and O–H groups in total. The highest BCUT2D eigenvalue weighted by Gasteiger charge is 2.30. The van der Waals surface area contributed by atoms with Crippen molar-refractivity contribution in [1.29, 1.82) is 0 Å². The minimum absolute atomic E-state index is 0.183. The highest BCUT2D eigenvalue weighted by Crippen LogP contribution is 2.19. The Morgan fingerprint density at radius 2 is 1.61 bits per heavy atom. The molecule has 0 aliphatic carbocycles. The molecule has 0 aromatic heterocycles. The number of hydrogen-bond donors (Lipinski definition) is 0. The lowest BCUT2D eigenvalue weighted by atomic mass is 10.0. The van der Waals surface area contributed by atoms with Crippen molar-refractivity contribution in [3.63, 3.8) is 0 Å². The molecule has 0 fully saturated rings. The lowest BCUT2D eigenvalue weighted by Crippen LogP contribution is -2.40. The minimum atomic E-state index is -3.70. The van der Waals surface area contributed by atoms with Gasteiger partial charge in [-0.3, -0.25) is 4.79 Å². The molecule has 0 bridgehead atoms. The molecule has 0 saturated carbocycles. The van der Waals surface area contributed by atoms with E-state index in [0.717, 1.165) is 15.4 Å². The maximum Gasteiger partial charge on any atom is 0.243 e. The van der Waals surface area contributed by atoms with Crippen molar-refractivity contribution in [3.05, 3.63) is 65.2 Å². The van der Waals surface area contributed by atoms with Crippen molar-refractivity contribution in [3.8, 4) is 0 Å². The molecule has 122 valence electrons. The van der Waals surface area contributed by atoms with Crippen molar-refractivity contribution in [2.24, 2.45) is 0 Å². The van der Waals surface area contributed by atoms with E-state index in [-0.39, 0.29) is 10.7 Å². The number of hydrogen-bond acceptors (Lipinski definition) is 3. The summed E-state index contributed by atoms with van der Waals surface area (Å²) in [5.74, 6) is -0.213. The molecular formula is C18H21NO3S. The first-order valence-electron chi connectivity index (χ1n) is 7.39. The highest BCUT2D eigenvalue weighted by atomic mass is 32.2. The average Bonchev–Trinajstić information content (AvgIpc) is 2.56. The van der Waals surface area contributed by atoms with Crippen LogP contribution in [-0.2, 0) is 10.0 Å². The van der Waals surface area contributed by atoms with E-state index in [1.165, 1.54) is 19.2 Å². The van der Waals surface area contributed by atoms with Crippen molar-refractivity contribution in [1.82, 2.24) is 4.31 Å². The minimum Gasteiger partial charge on any atom is -0.292 e. The topological polar surface area (TPSA) is 54.5 Å². The lowest BCUT2D eigenvalue weighted by Gasteiger charge is -2.23. The SMILES string of the molecule is Cc1ccc(C(=O)C(C)N(C)S(=O)(=O)c2ccccc2)cc1C. The summed E-state index contributed by atoms with van der Waals surface area (Å²) in [6.07, 6.45) is 0. The Kier molecular flexibility index (Phi) is 5.02. The first-order valence-corrected chi connectivity index (χ1v) is 8.83. The second kappa shape index (κ2) is 6.64. The molecule has 2 aromatic carbocycles. The largest absolute Gasteiger partial charge is 0.292 e. The van der Waals surface area contributed by atoms with E-state index in [0.29, 0.717) is 5.56 Å². The molecule has 5 heteroatoms. The van der Waals surface area contributed by atoms with Gasteiger partial charge in [0.25, 0.3) is 0 Å². The van der Waals surface area contributed by atoms with Gasteiger partial charge in [0.2, 0.25) is 10.0 Å². The Morgan fingerprint density at radius 1 is 1.00 bits per heavy atom. The van der Waals surface area contributed by atoms with Gasteiger partial charge in [-0.1, -0.05) is 30.3 Å². The molecule has 0 radical (unpaired) electrons. The van der Waals surface area contributed by atoms with E-state index < -0.39 is 16.1 Å². The first kappa shape index (κ1) is 17.4. The summed E-state index contributed by atoms with van der Waals surface area (Å²) in [6.45, 7) is 5.51. The molecule has 0 saturated heterocycles. The number of carbonyl (C=O) groups is 1. The average molecular weight is 331 g/mol. The fourth-order valence-electron chi connectivity index (χ4n) is 2.27. The van der Waals surface area contributed by atoms with Crippen molar-refractivity contribution < 1.29 is 13.2 Å². The summed E-state index contributed by atoms with van der Waals surface area (Å²) >= 11 is 0. The lowest BCUT2D eigenvalue weighted by molar-refractivity contribution is 0.0919. The zero-order valence-corrected chi connectivity index (χ0v) is 14.6. The van der Waals surface area contributed by atoms with Crippen LogP contribution in [0.3, 0.4) is 0 Å². The third-order valence-electron chi connectivity index (χ3n) is 4.14. The molecule has 1 unspecified atom stereocenters. The van der Waals surface area contributed by atoms with Gasteiger partial charge in [0, 0.05) is 12.6 Å². The van der Waals surface area contributed by atoms with E-state index in [2.05, 4.69) is 0 Å². The van der Waals surface area contributed by atoms with Crippen molar-refractivity contribution >= 4 is 15.8 Å². The van der Waals surface area contributed by atoms with Gasteiger partial charge in [0.15, 0.2) is 5.78 Å². The van der Waals surface area contributed by atoms with Crippen molar-refractivity contribution in [2.45, 2.75) is 31.7 Å². The second-order valence-electron chi connectivity index (χ2n) is 5.67. The second-order valence-corrected chi connectivity index (χ2v) is 7.67. The molecule has 2 rings (SSSR count). The van der Waals surface area contributed by atoms with Crippen LogP contribution in [0.15, 0.2) is 53.4 Å². The van der Waals surface area contributed by atoms with Crippen LogP contribution in [0.5, 0.6) is 0 Å². The monoisotopic (exact) mass is 331 g/mol. The van der Waals surface area contributed by atoms with Crippen LogP contribution < -0.4 is 0 Å². The van der Waals surface area contributed by atoms with Crippen LogP contribution in [0.25, 0.3) is 0 Å². The van der Waals surface area contributed by atoms with Gasteiger partial charge in [-0.15, -0.1) is 0 Å². The number of rotatable bonds is 5. The third-order valence-corrected chi connectivity index (χ3v) is 6.08. The van der Waals surface area contributed by atoms with Crippen LogP contribution in [0.4, 0.5) is 0 Å². The van der Waals surface area contributed by atoms with E-state index in [4.69, 9.17) is 0 Å². The number of benzene rings is 2. The van der Waals surface area contributed by atoms with Crippen molar-refractivity contribution in [2.75, 3.05) is 7.05 Å². The quantitative estimate of drug-likeness (QED) is 0.791. The van der Waals surface area contributed by atoms with E-state index in [1.54, 1.807) is 37.3 Å². The maximum atomic E-state index is 12.6. The molecule has 0 aliphatic heterocycles. The summed E-state index contributed by atoms with van der Waals surface area (Å²) in [7, 11) is -2.26. The Hall–Kier alpha value is -1.98. The Morgan fingerprint density at radius 3 is 2.17 bits per heavy atom. The molecule has 2 aromatic rings. The summed E-state index contributed by atoms with van der Waals surface area (Å²) in [5.41, 5.74) is 2.63. The molecule has 1 atom stereocenters. The van der Waals surface area contributed by atoms with Gasteiger partial charge in [0.1, 0.15) is 0 Å². The fourth-order valence-corrected chi connectivity index (χ4v) is 3.61. The Balaban J connectivity index is 2.30. The molecule has 0 amide bonds. The number of ketones is 1. The zero-order valence-electron chi connectivity index (χ0n) is 13.8. The zero-order chi connectivity index (χ0) is 17.2. The van der Waals surface area contributed by atoms with E-state index in [1.807, 2.05) is 19.9 Å². The molecular weight excluding hydrogens is 310 g/mol. The Bertz CT molecular complexity index is 813. The summed E-state index contributed by atoms with van der Waals surface area (Å²) in [6, 6.07) is 12.8. The van der Waals surface area contributed by atoms with E-state index in [9.17, 15) is 13.2 Å². The molecule has 0 heterocycles. The van der Waals surface area contributed by atoms with Gasteiger partial charge < -0.3 is 0 Å². The van der Waals surface area contributed by atoms with Crippen LogP contribution >= 0.6 is 0 Å². The fraction of sp³-hybridized carbons (Fsp3) is 0.278. The van der Waals surface area contributed by atoms with Gasteiger partial charge in [-0.05, 0) is 50.1 Å². The summed E-state index contributed by atoms with van der Waals surface area (Å²) < 4.78 is 26.3. The molecule has 23 heavy (non-hydrogen) atoms. The summed E-state index contributed by atoms with van der Waals surface area (Å²) in [4.78, 5) is 12.8. The predicted molar refractivity (Wildman–Crippen MR) is 91.1 cm³/mol. The number of aryl methyl sites for hydroxylation is 2. The third kappa shape index (κ3) is 3.51. The van der Waals surface area contributed by atoms with Crippen LogP contribution in [0.1, 0.15) is 28.4 Å². The standard InChI is InChI=1S/C18H21NO3S/c1-13-10-11-16(12-14(13)2)18(20)15(3)19(4)23(21,22)17-8-6-5-7-9-17/h5-12,15H,1-4H3. The highest BCUT2D eigenvalue weighted by molar-refractivity contribution is 7.89. The maximum absolute atomic E-state index is 12.6. The smallest absolute Gasteiger partial charge is 0.243 e. The predicted octanol–water partition coefficient (Wildman–Crippen LogP) is 3.20. The van der Waals surface area contributed by atoms with Gasteiger partial charge >= 0.3 is 0 Å². The number of carbonyl (C=O) groups excluding carboxylic acids is 1. The normalized spacial score (nSPS) is 13.1. The summed E-state index contributed by atoms with van der Waals surface area (Å²) in [5, 5.41) is 0. The van der Waals surface area contributed by atoms with E-state index >= 15 is 0 Å². The Labute approximate surface area is 137 Å². The van der Waals surface area contributed by atoms with Gasteiger partial charge in [-0.25, -0.2) is 8.42 Å². The number of likely N-dealkylation sites (N-methyl/N-ethyl adjacent to an activating group) is 1. The van der Waals surface area contributed by atoms with Crippen LogP contribution in [0, 0.1) is 13.8 Å². The first-order chi connectivity index (χ1) is 10.7. The molecule has 0 spiro atoms. The van der Waals surface area contributed by atoms with Crippen LogP contribution in [-0.4, -0.2) is 31.6 Å². The van der Waals surface area contributed by atoms with Crippen LogP contribution in [0.2, 0.25) is 0 Å². The van der Waals surface area contributed by atoms with Gasteiger partial charge in [-0.2, -0.15) is 4.31 Å². The van der Waals surface area contributed by atoms with Gasteiger partial charge in [0.05, 0.1) is 10.9 Å².